The van der Waals surface area contributed by atoms with Crippen LogP contribution in [0.1, 0.15) is 142 Å². The van der Waals surface area contributed by atoms with Crippen LogP contribution in [-0.4, -0.2) is 15.3 Å². The van der Waals surface area contributed by atoms with Crippen molar-refractivity contribution in [2.75, 3.05) is 11.5 Å². The third-order valence-electron chi connectivity index (χ3n) is 5.88. The third-order valence-corrected chi connectivity index (χ3v) is 12.3. The summed E-state index contributed by atoms with van der Waals surface area (Å²) in [6, 6.07) is 0. The van der Waals surface area contributed by atoms with Crippen molar-refractivity contribution in [2.24, 2.45) is 0 Å². The maximum atomic E-state index is 3.38. The maximum Gasteiger partial charge on any atom is 0.0865 e. The van der Waals surface area contributed by atoms with Crippen LogP contribution in [0, 0.1) is 0 Å². The predicted molar refractivity (Wildman–Crippen MR) is 164 cm³/mol. The van der Waals surface area contributed by atoms with E-state index in [1.807, 2.05) is 55.3 Å². The molecule has 7 heteroatoms. The first-order valence-corrected chi connectivity index (χ1v) is 19.3. The molecular weight excluding hydrogens is 501 g/mol. The van der Waals surface area contributed by atoms with E-state index < -0.39 is 0 Å². The van der Waals surface area contributed by atoms with E-state index in [0.717, 1.165) is 0 Å². The molecule has 33 heavy (non-hydrogen) atoms. The van der Waals surface area contributed by atoms with E-state index in [2.05, 4.69) is 29.3 Å². The molecule has 0 unspecified atom stereocenters. The van der Waals surface area contributed by atoms with Crippen LogP contribution in [-0.2, 0) is 0 Å². The Labute approximate surface area is 227 Å². The number of hydrazine groups is 1. The highest BCUT2D eigenvalue weighted by Gasteiger charge is 2.16. The van der Waals surface area contributed by atoms with E-state index >= 15 is 0 Å². The van der Waals surface area contributed by atoms with E-state index in [0.29, 0.717) is 0 Å². The highest BCUT2D eigenvalue weighted by molar-refractivity contribution is 8.81. The molecule has 0 aromatic carbocycles. The van der Waals surface area contributed by atoms with Gasteiger partial charge in [-0.1, -0.05) is 155 Å². The van der Waals surface area contributed by atoms with Gasteiger partial charge in [-0.15, -0.1) is 0 Å². The van der Waals surface area contributed by atoms with Crippen LogP contribution < -0.4 is 5.43 Å². The van der Waals surface area contributed by atoms with Crippen molar-refractivity contribution in [1.29, 1.82) is 0 Å². The molecule has 0 saturated heterocycles. The lowest BCUT2D eigenvalue weighted by molar-refractivity contribution is 0.563. The Kier molecular flexibility index (Phi) is 25.7. The van der Waals surface area contributed by atoms with Crippen molar-refractivity contribution in [2.45, 2.75) is 142 Å². The normalized spacial score (nSPS) is 14.1. The molecule has 1 rings (SSSR count). The van der Waals surface area contributed by atoms with Gasteiger partial charge in [0.15, 0.2) is 0 Å². The molecule has 0 aliphatic carbocycles. The lowest BCUT2D eigenvalue weighted by Crippen LogP contribution is -2.13. The summed E-state index contributed by atoms with van der Waals surface area (Å²) >= 11 is 1.84. The highest BCUT2D eigenvalue weighted by Crippen LogP contribution is 2.45. The summed E-state index contributed by atoms with van der Waals surface area (Å²) in [6.45, 7) is 4.59. The first kappa shape index (κ1) is 32.3. The minimum atomic E-state index is 1.26. The lowest BCUT2D eigenvalue weighted by atomic mass is 10.1. The molecular formula is C26H52N2S5. The van der Waals surface area contributed by atoms with E-state index in [-0.39, 0.29) is 0 Å². The highest BCUT2D eigenvalue weighted by atomic mass is 33.1. The quantitative estimate of drug-likeness (QED) is 0.0643. The van der Waals surface area contributed by atoms with Crippen LogP contribution in [0.4, 0.5) is 0 Å². The summed E-state index contributed by atoms with van der Waals surface area (Å²) in [4.78, 5) is 0. The third kappa shape index (κ3) is 22.2. The van der Waals surface area contributed by atoms with Crippen molar-refractivity contribution in [3.8, 4) is 0 Å². The zero-order chi connectivity index (χ0) is 23.7. The molecule has 1 aliphatic heterocycles. The molecule has 0 atom stereocenters. The summed E-state index contributed by atoms with van der Waals surface area (Å²) < 4.78 is 3.59. The van der Waals surface area contributed by atoms with Gasteiger partial charge in [-0.25, -0.2) is 0 Å². The van der Waals surface area contributed by atoms with Crippen molar-refractivity contribution < 1.29 is 0 Å². The topological polar surface area (TPSA) is 15.3 Å². The van der Waals surface area contributed by atoms with Gasteiger partial charge in [0.05, 0.1) is 4.24 Å². The van der Waals surface area contributed by atoms with E-state index in [1.165, 1.54) is 144 Å². The Hall–Kier alpha value is 1.25. The minimum absolute atomic E-state index is 1.26. The summed E-state index contributed by atoms with van der Waals surface area (Å²) in [6.07, 6.45) is 30.6. The SMILES string of the molecule is CCCCCCCCCCCCSSC1=CNN(SSCCCCCCCCCCCC)S1. The average Bonchev–Trinajstić information content (AvgIpc) is 3.28. The first-order chi connectivity index (χ1) is 16.4. The number of unbranched alkanes of at least 4 members (excludes halogenated alkanes) is 18. The molecule has 1 aliphatic rings. The Balaban J connectivity index is 1.77. The predicted octanol–water partition coefficient (Wildman–Crippen LogP) is 11.8. The zero-order valence-electron chi connectivity index (χ0n) is 21.6. The molecule has 1 N–H and O–H groups in total. The standard InChI is InChI=1S/C26H52N2S5/c1-3-5-7-9-11-13-15-17-19-21-23-29-32-26-25-27-28(31-26)33-30-24-22-20-18-16-14-12-10-8-6-4-2/h25,27H,3-24H2,1-2H3. The number of hydrogen-bond donors (Lipinski definition) is 1. The monoisotopic (exact) mass is 552 g/mol. The van der Waals surface area contributed by atoms with E-state index in [9.17, 15) is 0 Å². The van der Waals surface area contributed by atoms with Gasteiger partial charge >= 0.3 is 0 Å². The van der Waals surface area contributed by atoms with Crippen LogP contribution in [0.15, 0.2) is 10.4 Å². The van der Waals surface area contributed by atoms with Gasteiger partial charge in [-0.05, 0) is 23.6 Å². The van der Waals surface area contributed by atoms with Gasteiger partial charge in [0, 0.05) is 40.6 Å². The minimum Gasteiger partial charge on any atom is -0.304 e. The van der Waals surface area contributed by atoms with Crippen LogP contribution in [0.25, 0.3) is 0 Å². The molecule has 0 radical (unpaired) electrons. The van der Waals surface area contributed by atoms with Crippen molar-refractivity contribution in [3.63, 3.8) is 0 Å². The number of nitrogens with zero attached hydrogens (tertiary/aromatic N) is 1. The molecule has 0 bridgehead atoms. The molecule has 0 fully saturated rings. The van der Waals surface area contributed by atoms with Gasteiger partial charge in [-0.3, -0.25) is 0 Å². The molecule has 0 amide bonds. The first-order valence-electron chi connectivity index (χ1n) is 13.9. The van der Waals surface area contributed by atoms with Gasteiger partial charge in [0.2, 0.25) is 0 Å². The molecule has 2 nitrogen and oxygen atoms in total. The Morgan fingerprint density at radius 2 is 1.03 bits per heavy atom. The molecule has 0 saturated carbocycles. The molecule has 0 spiro atoms. The van der Waals surface area contributed by atoms with Crippen molar-refractivity contribution in [3.05, 3.63) is 10.4 Å². The second-order valence-electron chi connectivity index (χ2n) is 9.11. The molecule has 0 aromatic rings. The summed E-state index contributed by atoms with van der Waals surface area (Å²) in [5, 5.41) is 0. The maximum absolute atomic E-state index is 3.38. The Morgan fingerprint density at radius 1 is 0.606 bits per heavy atom. The summed E-state index contributed by atoms with van der Waals surface area (Å²) in [7, 11) is 7.81. The smallest absolute Gasteiger partial charge is 0.0865 e. The van der Waals surface area contributed by atoms with Gasteiger partial charge in [0.1, 0.15) is 0 Å². The van der Waals surface area contributed by atoms with Crippen molar-refractivity contribution >= 4 is 55.3 Å². The van der Waals surface area contributed by atoms with Gasteiger partial charge < -0.3 is 5.43 Å². The summed E-state index contributed by atoms with van der Waals surface area (Å²) in [5.41, 5.74) is 3.38. The fourth-order valence-corrected chi connectivity index (χ4v) is 9.69. The fraction of sp³-hybridized carbons (Fsp3) is 0.923. The molecule has 0 aromatic heterocycles. The molecule has 1 heterocycles. The zero-order valence-corrected chi connectivity index (χ0v) is 25.7. The Morgan fingerprint density at radius 3 is 1.52 bits per heavy atom. The van der Waals surface area contributed by atoms with Crippen LogP contribution in [0.3, 0.4) is 0 Å². The second-order valence-corrected chi connectivity index (χ2v) is 15.4. The number of nitrogens with one attached hydrogen (secondary N) is 1. The van der Waals surface area contributed by atoms with E-state index in [4.69, 9.17) is 0 Å². The number of hydrogen-bond acceptors (Lipinski definition) is 7. The number of rotatable bonds is 26. The van der Waals surface area contributed by atoms with Crippen LogP contribution >= 0.6 is 55.3 Å². The molecule has 196 valence electrons. The van der Waals surface area contributed by atoms with Crippen LogP contribution in [0.2, 0.25) is 0 Å². The largest absolute Gasteiger partial charge is 0.304 e. The van der Waals surface area contributed by atoms with E-state index in [1.54, 1.807) is 0 Å². The van der Waals surface area contributed by atoms with Gasteiger partial charge in [0.25, 0.3) is 0 Å². The Bertz CT molecular complexity index is 437. The van der Waals surface area contributed by atoms with Gasteiger partial charge in [-0.2, -0.15) is 0 Å². The van der Waals surface area contributed by atoms with Crippen molar-refractivity contribution in [1.82, 2.24) is 9.25 Å². The fourth-order valence-electron chi connectivity index (χ4n) is 3.80. The summed E-state index contributed by atoms with van der Waals surface area (Å²) in [5.74, 6) is 2.54. The average molecular weight is 553 g/mol. The van der Waals surface area contributed by atoms with Crippen LogP contribution in [0.5, 0.6) is 0 Å². The lowest BCUT2D eigenvalue weighted by Gasteiger charge is -2.12. The second kappa shape index (κ2) is 26.3.